The molecule has 3 heterocycles. The van der Waals surface area contributed by atoms with Crippen LogP contribution >= 0.6 is 0 Å². The largest absolute Gasteiger partial charge is 0.507 e. The Morgan fingerprint density at radius 3 is 2.12 bits per heavy atom. The van der Waals surface area contributed by atoms with Gasteiger partial charge in [-0.05, 0) is 112 Å². The summed E-state index contributed by atoms with van der Waals surface area (Å²) in [6.07, 6.45) is 4.05. The summed E-state index contributed by atoms with van der Waals surface area (Å²) in [4.78, 5) is 46.0. The van der Waals surface area contributed by atoms with Crippen LogP contribution in [0.5, 0.6) is 5.75 Å². The average Bonchev–Trinajstić information content (AvgIpc) is 3.73. The van der Waals surface area contributed by atoms with E-state index in [4.69, 9.17) is 18.9 Å². The molecule has 10 heteroatoms. The highest BCUT2D eigenvalue weighted by atomic mass is 28.4. The van der Waals surface area contributed by atoms with E-state index in [1.54, 1.807) is 6.20 Å². The maximum atomic E-state index is 13.9. The van der Waals surface area contributed by atoms with E-state index in [1.807, 2.05) is 56.3 Å². The molecule has 4 aromatic rings. The minimum absolute atomic E-state index is 0.247. The van der Waals surface area contributed by atoms with Crippen molar-refractivity contribution >= 4 is 48.2 Å². The van der Waals surface area contributed by atoms with Gasteiger partial charge in [0.25, 0.3) is 8.32 Å². The quantitative estimate of drug-likeness (QED) is 0.101. The number of hydrogen-bond donors (Lipinski definition) is 1. The number of benzene rings is 3. The predicted octanol–water partition coefficient (Wildman–Crippen LogP) is 7.38. The Morgan fingerprint density at radius 1 is 0.929 bits per heavy atom. The number of methoxy groups -OCH3 is 1. The van der Waals surface area contributed by atoms with Crippen LogP contribution in [0.25, 0.3) is 11.6 Å². The van der Waals surface area contributed by atoms with Gasteiger partial charge in [-0.1, -0.05) is 87.5 Å². The summed E-state index contributed by atoms with van der Waals surface area (Å²) in [5, 5.41) is 12.5. The monoisotopic (exact) mass is 770 g/mol. The number of carbonyl (C=O) groups is 3. The molecular formula is C46H50N2O7Si. The number of allylic oxidation sites excluding steroid dienone is 1. The minimum atomic E-state index is -2.98. The van der Waals surface area contributed by atoms with E-state index in [1.165, 1.54) is 7.11 Å². The number of carbonyl (C=O) groups excluding carboxylic acids is 3. The highest BCUT2D eigenvalue weighted by Crippen LogP contribution is 2.51. The fourth-order valence-corrected chi connectivity index (χ4v) is 13.8. The van der Waals surface area contributed by atoms with Crippen molar-refractivity contribution < 1.29 is 33.4 Å². The number of pyridine rings is 1. The number of phenolic OH excluding ortho intramolecular Hbond substituents is 1. The molecule has 3 aliphatic rings. The summed E-state index contributed by atoms with van der Waals surface area (Å²) in [7, 11) is -1.80. The van der Waals surface area contributed by atoms with Crippen LogP contribution in [0.1, 0.15) is 62.4 Å². The molecule has 0 unspecified atom stereocenters. The van der Waals surface area contributed by atoms with Crippen LogP contribution in [0.3, 0.4) is 0 Å². The molecule has 290 valence electrons. The summed E-state index contributed by atoms with van der Waals surface area (Å²) in [6, 6.07) is 30.6. The zero-order chi connectivity index (χ0) is 39.8. The molecule has 1 aliphatic carbocycles. The van der Waals surface area contributed by atoms with Crippen molar-refractivity contribution in [3.05, 3.63) is 131 Å². The number of aromatic nitrogens is 1. The summed E-state index contributed by atoms with van der Waals surface area (Å²) < 4.78 is 19.0. The van der Waals surface area contributed by atoms with Crippen molar-refractivity contribution in [2.75, 3.05) is 20.3 Å². The van der Waals surface area contributed by atoms with E-state index in [2.05, 4.69) is 75.4 Å². The molecule has 7 rings (SSSR count). The van der Waals surface area contributed by atoms with Crippen molar-refractivity contribution in [1.29, 1.82) is 0 Å². The zero-order valence-corrected chi connectivity index (χ0v) is 34.0. The van der Waals surface area contributed by atoms with Crippen molar-refractivity contribution in [2.24, 2.45) is 17.8 Å². The van der Waals surface area contributed by atoms with Crippen LogP contribution in [0.15, 0.2) is 108 Å². The number of rotatable bonds is 10. The molecule has 56 heavy (non-hydrogen) atoms. The topological polar surface area (TPSA) is 115 Å². The van der Waals surface area contributed by atoms with Gasteiger partial charge in [0.2, 0.25) is 11.8 Å². The van der Waals surface area contributed by atoms with E-state index in [0.29, 0.717) is 17.7 Å². The number of imide groups is 3. The Labute approximate surface area is 330 Å². The number of nitrogens with zero attached hydrogens (tertiary/aromatic N) is 2. The average molecular weight is 771 g/mol. The van der Waals surface area contributed by atoms with E-state index in [0.717, 1.165) is 49.5 Å². The van der Waals surface area contributed by atoms with Crippen molar-refractivity contribution in [2.45, 2.75) is 65.0 Å². The highest BCUT2D eigenvalue weighted by molar-refractivity contribution is 6.99. The van der Waals surface area contributed by atoms with Gasteiger partial charge < -0.3 is 19.0 Å². The van der Waals surface area contributed by atoms with Crippen LogP contribution in [-0.2, 0) is 23.5 Å². The van der Waals surface area contributed by atoms with E-state index in [9.17, 15) is 19.5 Å². The lowest BCUT2D eigenvalue weighted by molar-refractivity contribution is -0.137. The van der Waals surface area contributed by atoms with Gasteiger partial charge in [0, 0.05) is 12.1 Å². The Morgan fingerprint density at radius 2 is 1.55 bits per heavy atom. The first kappa shape index (κ1) is 39.1. The Hall–Kier alpha value is -5.16. The Bertz CT molecular complexity index is 2120. The fourth-order valence-electron chi connectivity index (χ4n) is 9.22. The van der Waals surface area contributed by atoms with Crippen LogP contribution in [0.4, 0.5) is 4.79 Å². The van der Waals surface area contributed by atoms with Gasteiger partial charge in [-0.25, -0.2) is 4.79 Å². The van der Waals surface area contributed by atoms with Crippen molar-refractivity contribution in [1.82, 2.24) is 9.88 Å². The van der Waals surface area contributed by atoms with Crippen LogP contribution in [-0.4, -0.2) is 67.6 Å². The maximum absolute atomic E-state index is 13.9. The number of likely N-dealkylation sites (tertiary alicyclic amines) is 1. The van der Waals surface area contributed by atoms with Gasteiger partial charge in [0.1, 0.15) is 5.75 Å². The second kappa shape index (κ2) is 15.8. The third kappa shape index (κ3) is 7.06. The molecule has 4 atom stereocenters. The second-order valence-corrected chi connectivity index (χ2v) is 20.5. The minimum Gasteiger partial charge on any atom is -0.507 e. The number of amides is 3. The number of aromatic hydroxyl groups is 1. The second-order valence-electron chi connectivity index (χ2n) is 16.2. The van der Waals surface area contributed by atoms with Gasteiger partial charge in [0.15, 0.2) is 0 Å². The summed E-state index contributed by atoms with van der Waals surface area (Å²) in [6.45, 7) is 11.0. The molecule has 0 radical (unpaired) electrons. The molecule has 1 aromatic heterocycles. The molecular weight excluding hydrogens is 721 g/mol. The molecule has 1 N–H and O–H groups in total. The predicted molar refractivity (Wildman–Crippen MR) is 219 cm³/mol. The SMILES string of the molecule is COC(=O)N1C(=O)[C@@H]2[C@@H](CC(CO[Si](c3ccccc3)(c3ccccc3)C(C)(C)C)=C3[C@@H](CC/C(=C/c4cc(C)c(O)c(C)c4)c4ccccn4)OC[C@@H]32)C1=O. The van der Waals surface area contributed by atoms with Gasteiger partial charge in [-0.2, -0.15) is 4.90 Å². The standard InChI is InChI=1S/C46H50N2O7Si/c1-29-23-31(24-30(2)42(29)49)25-32(38-19-13-14-22-47-38)20-21-39-40-33(26-36-41(37(40)28-54-39)44(51)48(43(36)50)45(52)53-6)27-55-56(46(3,4)5,34-15-9-7-10-16-34)35-17-11-8-12-18-35/h7-19,22-25,36-37,39,41,49H,20-21,26-28H2,1-6H3/b32-25-/t36-,37+,39-,41-/m1/s1. The number of fused-ring (bicyclic) bond motifs is 3. The molecule has 0 spiro atoms. The first-order valence-electron chi connectivity index (χ1n) is 19.3. The Kier molecular flexibility index (Phi) is 11.0. The van der Waals surface area contributed by atoms with Gasteiger partial charge in [-0.3, -0.25) is 14.6 Å². The summed E-state index contributed by atoms with van der Waals surface area (Å²) in [5.74, 6) is -2.62. The van der Waals surface area contributed by atoms with Crippen LogP contribution in [0.2, 0.25) is 5.04 Å². The zero-order valence-electron chi connectivity index (χ0n) is 33.0. The van der Waals surface area contributed by atoms with Crippen LogP contribution < -0.4 is 10.4 Å². The number of hydrogen-bond acceptors (Lipinski definition) is 8. The van der Waals surface area contributed by atoms with Gasteiger partial charge in [0.05, 0.1) is 44.0 Å². The van der Waals surface area contributed by atoms with Crippen LogP contribution in [0, 0.1) is 31.6 Å². The molecule has 3 aromatic carbocycles. The van der Waals surface area contributed by atoms with E-state index < -0.39 is 44.0 Å². The first-order valence-corrected chi connectivity index (χ1v) is 21.2. The molecule has 3 amide bonds. The molecule has 0 bridgehead atoms. The molecule has 2 saturated heterocycles. The van der Waals surface area contributed by atoms with Crippen molar-refractivity contribution in [3.63, 3.8) is 0 Å². The lowest BCUT2D eigenvalue weighted by Crippen LogP contribution is -2.66. The summed E-state index contributed by atoms with van der Waals surface area (Å²) >= 11 is 0. The van der Waals surface area contributed by atoms with Gasteiger partial charge in [-0.15, -0.1) is 0 Å². The molecule has 0 saturated carbocycles. The number of phenols is 1. The van der Waals surface area contributed by atoms with E-state index in [-0.39, 0.29) is 36.5 Å². The fraction of sp³-hybridized carbons (Fsp3) is 0.348. The third-order valence-electron chi connectivity index (χ3n) is 11.8. The molecule has 9 nitrogen and oxygen atoms in total. The lowest BCUT2D eigenvalue weighted by atomic mass is 9.69. The maximum Gasteiger partial charge on any atom is 0.423 e. The molecule has 2 fully saturated rings. The Balaban J connectivity index is 1.29. The highest BCUT2D eigenvalue weighted by Gasteiger charge is 2.59. The lowest BCUT2D eigenvalue weighted by Gasteiger charge is -2.44. The smallest absolute Gasteiger partial charge is 0.423 e. The van der Waals surface area contributed by atoms with E-state index >= 15 is 0 Å². The summed E-state index contributed by atoms with van der Waals surface area (Å²) in [5.41, 5.74) is 6.34. The van der Waals surface area contributed by atoms with Gasteiger partial charge >= 0.3 is 6.09 Å². The number of aryl methyl sites for hydroxylation is 2. The molecule has 2 aliphatic heterocycles. The van der Waals surface area contributed by atoms with Crippen molar-refractivity contribution in [3.8, 4) is 5.75 Å². The number of ether oxygens (including phenoxy) is 2. The first-order chi connectivity index (χ1) is 26.9. The normalized spacial score (nSPS) is 21.3. The third-order valence-corrected chi connectivity index (χ3v) is 16.8.